The molecule has 1 heterocycles. The average molecular weight is 335 g/mol. The number of carboxylic acid groups (broad SMARTS) is 1. The molecule has 0 bridgehead atoms. The maximum Gasteiger partial charge on any atom is 0.322 e. The number of carboxylic acids is 1. The van der Waals surface area contributed by atoms with Gasteiger partial charge in [-0.2, -0.15) is 5.10 Å². The first-order chi connectivity index (χ1) is 7.58. The Bertz CT molecular complexity index is 389. The van der Waals surface area contributed by atoms with Crippen LogP contribution in [0.25, 0.3) is 0 Å². The fraction of sp³-hybridized carbons (Fsp3) is 0.600. The maximum absolute atomic E-state index is 11.2. The average Bonchev–Trinajstić information content (AvgIpc) is 2.95. The molecule has 0 spiro atoms. The standard InChI is InChI=1S/C10H14IN3O2/c1-6(14-5-7(11)4-12-14)9(10(15)16)13-8-2-3-8/h4-6,8-9,13H,2-3H2,1H3,(H,15,16). The number of nitrogens with zero attached hydrogens (tertiary/aromatic N) is 2. The van der Waals surface area contributed by atoms with Crippen molar-refractivity contribution in [2.24, 2.45) is 0 Å². The van der Waals surface area contributed by atoms with Crippen molar-refractivity contribution >= 4 is 28.6 Å². The molecule has 2 N–H and O–H groups in total. The normalized spacial score (nSPS) is 19.4. The van der Waals surface area contributed by atoms with Crippen LogP contribution in [0.1, 0.15) is 25.8 Å². The molecule has 1 aromatic heterocycles. The first kappa shape index (κ1) is 11.8. The van der Waals surface area contributed by atoms with E-state index >= 15 is 0 Å². The molecule has 2 rings (SSSR count). The number of hydrogen-bond acceptors (Lipinski definition) is 3. The third-order valence-corrected chi connectivity index (χ3v) is 3.29. The van der Waals surface area contributed by atoms with Crippen molar-refractivity contribution in [1.29, 1.82) is 0 Å². The smallest absolute Gasteiger partial charge is 0.322 e. The molecule has 2 unspecified atom stereocenters. The zero-order chi connectivity index (χ0) is 11.7. The van der Waals surface area contributed by atoms with Crippen LogP contribution in [-0.4, -0.2) is 32.9 Å². The van der Waals surface area contributed by atoms with Crippen LogP contribution in [-0.2, 0) is 4.79 Å². The summed E-state index contributed by atoms with van der Waals surface area (Å²) in [5.41, 5.74) is 0. The lowest BCUT2D eigenvalue weighted by Crippen LogP contribution is -2.44. The molecule has 1 aliphatic rings. The minimum atomic E-state index is -0.815. The molecular weight excluding hydrogens is 321 g/mol. The zero-order valence-electron chi connectivity index (χ0n) is 8.93. The molecule has 6 heteroatoms. The van der Waals surface area contributed by atoms with E-state index in [-0.39, 0.29) is 6.04 Å². The molecule has 0 radical (unpaired) electrons. The van der Waals surface area contributed by atoms with Crippen LogP contribution >= 0.6 is 22.6 Å². The Labute approximate surface area is 107 Å². The lowest BCUT2D eigenvalue weighted by Gasteiger charge is -2.21. The summed E-state index contributed by atoms with van der Waals surface area (Å²) in [5.74, 6) is -0.815. The van der Waals surface area contributed by atoms with E-state index in [0.717, 1.165) is 16.4 Å². The van der Waals surface area contributed by atoms with Crippen LogP contribution in [0.3, 0.4) is 0 Å². The van der Waals surface area contributed by atoms with E-state index < -0.39 is 12.0 Å². The van der Waals surface area contributed by atoms with Crippen LogP contribution in [0.4, 0.5) is 0 Å². The Morgan fingerprint density at radius 3 is 2.88 bits per heavy atom. The lowest BCUT2D eigenvalue weighted by molar-refractivity contribution is -0.140. The molecule has 0 amide bonds. The van der Waals surface area contributed by atoms with Gasteiger partial charge in [-0.25, -0.2) is 0 Å². The predicted molar refractivity (Wildman–Crippen MR) is 67.2 cm³/mol. The number of rotatable bonds is 5. The summed E-state index contributed by atoms with van der Waals surface area (Å²) in [6.45, 7) is 1.87. The largest absolute Gasteiger partial charge is 0.480 e. The Morgan fingerprint density at radius 2 is 2.44 bits per heavy atom. The summed E-state index contributed by atoms with van der Waals surface area (Å²) in [4.78, 5) is 11.2. The Morgan fingerprint density at radius 1 is 1.75 bits per heavy atom. The molecule has 2 atom stereocenters. The van der Waals surface area contributed by atoms with Crippen molar-refractivity contribution in [3.63, 3.8) is 0 Å². The van der Waals surface area contributed by atoms with Crippen LogP contribution in [0.5, 0.6) is 0 Å². The van der Waals surface area contributed by atoms with Gasteiger partial charge in [0.05, 0.1) is 15.8 Å². The highest BCUT2D eigenvalue weighted by Gasteiger charge is 2.32. The molecule has 0 aliphatic heterocycles. The van der Waals surface area contributed by atoms with Crippen molar-refractivity contribution < 1.29 is 9.90 Å². The highest BCUT2D eigenvalue weighted by atomic mass is 127. The van der Waals surface area contributed by atoms with Crippen molar-refractivity contribution in [3.8, 4) is 0 Å². The molecule has 0 saturated heterocycles. The summed E-state index contributed by atoms with van der Waals surface area (Å²) in [6, 6.07) is -0.372. The minimum absolute atomic E-state index is 0.179. The third kappa shape index (κ3) is 2.73. The number of aliphatic carboxylic acids is 1. The number of nitrogens with one attached hydrogen (secondary N) is 1. The fourth-order valence-electron chi connectivity index (χ4n) is 1.61. The Hall–Kier alpha value is -0.630. The summed E-state index contributed by atoms with van der Waals surface area (Å²) in [6.07, 6.45) is 5.74. The number of halogens is 1. The van der Waals surface area contributed by atoms with Crippen LogP contribution in [0, 0.1) is 3.57 Å². The second-order valence-corrected chi connectivity index (χ2v) is 5.38. The molecule has 1 aromatic rings. The van der Waals surface area contributed by atoms with Crippen molar-refractivity contribution in [2.45, 2.75) is 37.9 Å². The zero-order valence-corrected chi connectivity index (χ0v) is 11.1. The van der Waals surface area contributed by atoms with Gasteiger partial charge in [-0.3, -0.25) is 14.8 Å². The third-order valence-electron chi connectivity index (χ3n) is 2.73. The van der Waals surface area contributed by atoms with E-state index in [9.17, 15) is 9.90 Å². The summed E-state index contributed by atoms with van der Waals surface area (Å²) >= 11 is 2.16. The van der Waals surface area contributed by atoms with Gasteiger partial charge in [-0.05, 0) is 42.4 Å². The van der Waals surface area contributed by atoms with E-state index in [1.54, 1.807) is 10.9 Å². The van der Waals surface area contributed by atoms with Gasteiger partial charge >= 0.3 is 5.97 Å². The number of aromatic nitrogens is 2. The van der Waals surface area contributed by atoms with Gasteiger partial charge in [0, 0.05) is 12.2 Å². The minimum Gasteiger partial charge on any atom is -0.480 e. The van der Waals surface area contributed by atoms with E-state index in [0.29, 0.717) is 6.04 Å². The molecule has 5 nitrogen and oxygen atoms in total. The summed E-state index contributed by atoms with van der Waals surface area (Å²) in [7, 11) is 0. The highest BCUT2D eigenvalue weighted by molar-refractivity contribution is 14.1. The molecule has 1 aliphatic carbocycles. The first-order valence-corrected chi connectivity index (χ1v) is 6.34. The van der Waals surface area contributed by atoms with Crippen molar-refractivity contribution in [2.75, 3.05) is 0 Å². The van der Waals surface area contributed by atoms with Gasteiger partial charge in [0.15, 0.2) is 0 Å². The summed E-state index contributed by atoms with van der Waals surface area (Å²) in [5, 5.41) is 16.5. The van der Waals surface area contributed by atoms with E-state index in [2.05, 4.69) is 33.0 Å². The van der Waals surface area contributed by atoms with Crippen molar-refractivity contribution in [3.05, 3.63) is 16.0 Å². The van der Waals surface area contributed by atoms with Gasteiger partial charge < -0.3 is 5.11 Å². The van der Waals surface area contributed by atoms with Gasteiger partial charge in [0.2, 0.25) is 0 Å². The highest BCUT2D eigenvalue weighted by Crippen LogP contribution is 2.22. The Balaban J connectivity index is 2.09. The van der Waals surface area contributed by atoms with Gasteiger partial charge in [-0.1, -0.05) is 0 Å². The van der Waals surface area contributed by atoms with E-state index in [1.165, 1.54) is 0 Å². The second-order valence-electron chi connectivity index (χ2n) is 4.14. The summed E-state index contributed by atoms with van der Waals surface area (Å²) < 4.78 is 2.72. The quantitative estimate of drug-likeness (QED) is 0.795. The molecule has 88 valence electrons. The topological polar surface area (TPSA) is 67.2 Å². The predicted octanol–water partition coefficient (Wildman–Crippen LogP) is 1.25. The Kier molecular flexibility index (Phi) is 3.48. The van der Waals surface area contributed by atoms with Crippen LogP contribution < -0.4 is 5.32 Å². The van der Waals surface area contributed by atoms with Gasteiger partial charge in [-0.15, -0.1) is 0 Å². The van der Waals surface area contributed by atoms with Gasteiger partial charge in [0.25, 0.3) is 0 Å². The molecular formula is C10H14IN3O2. The lowest BCUT2D eigenvalue weighted by atomic mass is 10.1. The van der Waals surface area contributed by atoms with E-state index in [1.807, 2.05) is 13.1 Å². The number of hydrogen-bond donors (Lipinski definition) is 2. The maximum atomic E-state index is 11.2. The van der Waals surface area contributed by atoms with Gasteiger partial charge in [0.1, 0.15) is 6.04 Å². The molecule has 1 saturated carbocycles. The van der Waals surface area contributed by atoms with Crippen molar-refractivity contribution in [1.82, 2.24) is 15.1 Å². The van der Waals surface area contributed by atoms with E-state index in [4.69, 9.17) is 0 Å². The molecule has 1 fully saturated rings. The molecule has 16 heavy (non-hydrogen) atoms. The van der Waals surface area contributed by atoms with Crippen LogP contribution in [0.2, 0.25) is 0 Å². The second kappa shape index (κ2) is 4.70. The number of carbonyl (C=O) groups is 1. The fourth-order valence-corrected chi connectivity index (χ4v) is 2.02. The monoisotopic (exact) mass is 335 g/mol. The SMILES string of the molecule is CC(C(NC1CC1)C(=O)O)n1cc(I)cn1. The first-order valence-electron chi connectivity index (χ1n) is 5.26. The molecule has 0 aromatic carbocycles. The van der Waals surface area contributed by atoms with Crippen LogP contribution in [0.15, 0.2) is 12.4 Å².